The number of unbranched alkanes of at least 4 members (excludes halogenated alkanes) is 26. The summed E-state index contributed by atoms with van der Waals surface area (Å²) in [5.74, 6) is -0.0113. The van der Waals surface area contributed by atoms with E-state index >= 15 is 0 Å². The van der Waals surface area contributed by atoms with E-state index < -0.39 is 0 Å². The SMILES string of the molecule is CCCCCCC(CCCCCC)OC(=O)CCCCCCCCC(CCCCCCCCC(=O)OC(CCCCCC)CCCCCC)OC(=O)N(CCCCCCCOCC)CCCN(C)C. The Labute approximate surface area is 429 Å². The summed E-state index contributed by atoms with van der Waals surface area (Å²) in [6, 6.07) is 0. The van der Waals surface area contributed by atoms with Crippen LogP contribution in [0.3, 0.4) is 0 Å². The van der Waals surface area contributed by atoms with Crippen LogP contribution in [0.1, 0.15) is 304 Å². The number of amides is 1. The Hall–Kier alpha value is -1.87. The average molecular weight is 980 g/mol. The molecular weight excluding hydrogens is 861 g/mol. The molecule has 0 rings (SSSR count). The molecule has 0 aliphatic heterocycles. The summed E-state index contributed by atoms with van der Waals surface area (Å²) < 4.78 is 24.0. The summed E-state index contributed by atoms with van der Waals surface area (Å²) in [5, 5.41) is 0. The van der Waals surface area contributed by atoms with E-state index in [4.69, 9.17) is 18.9 Å². The van der Waals surface area contributed by atoms with Gasteiger partial charge in [0.25, 0.3) is 0 Å². The van der Waals surface area contributed by atoms with Crippen molar-refractivity contribution in [2.45, 2.75) is 323 Å². The lowest BCUT2D eigenvalue weighted by Gasteiger charge is -2.26. The first-order chi connectivity index (χ1) is 33.7. The van der Waals surface area contributed by atoms with Crippen LogP contribution in [0.2, 0.25) is 0 Å². The van der Waals surface area contributed by atoms with Crippen molar-refractivity contribution in [3.63, 3.8) is 0 Å². The molecule has 9 nitrogen and oxygen atoms in total. The first-order valence-electron chi connectivity index (χ1n) is 30.3. The highest BCUT2D eigenvalue weighted by Gasteiger charge is 2.21. The molecule has 69 heavy (non-hydrogen) atoms. The highest BCUT2D eigenvalue weighted by atomic mass is 16.6. The topological polar surface area (TPSA) is 94.6 Å². The second-order valence-corrected chi connectivity index (χ2v) is 21.1. The molecule has 9 heteroatoms. The van der Waals surface area contributed by atoms with Crippen LogP contribution in [0, 0.1) is 0 Å². The van der Waals surface area contributed by atoms with Crippen molar-refractivity contribution in [2.24, 2.45) is 0 Å². The van der Waals surface area contributed by atoms with Gasteiger partial charge in [0.2, 0.25) is 0 Å². The molecule has 0 aromatic heterocycles. The van der Waals surface area contributed by atoms with Crippen LogP contribution in [-0.2, 0) is 28.5 Å². The van der Waals surface area contributed by atoms with Crippen LogP contribution in [0.4, 0.5) is 4.79 Å². The highest BCUT2D eigenvalue weighted by Crippen LogP contribution is 2.22. The van der Waals surface area contributed by atoms with Gasteiger partial charge >= 0.3 is 18.0 Å². The molecule has 0 radical (unpaired) electrons. The van der Waals surface area contributed by atoms with E-state index in [1.807, 2.05) is 11.8 Å². The molecule has 0 N–H and O–H groups in total. The third-order valence-electron chi connectivity index (χ3n) is 13.9. The van der Waals surface area contributed by atoms with Gasteiger partial charge in [-0.2, -0.15) is 0 Å². The Bertz CT molecular complexity index is 1020. The van der Waals surface area contributed by atoms with Gasteiger partial charge in [0.15, 0.2) is 0 Å². The van der Waals surface area contributed by atoms with Crippen molar-refractivity contribution in [2.75, 3.05) is 46.9 Å². The number of esters is 2. The largest absolute Gasteiger partial charge is 0.462 e. The molecule has 0 bridgehead atoms. The molecule has 0 heterocycles. The summed E-state index contributed by atoms with van der Waals surface area (Å²) in [6.45, 7) is 15.1. The molecule has 0 aliphatic rings. The summed E-state index contributed by atoms with van der Waals surface area (Å²) in [7, 11) is 4.18. The molecule has 0 spiro atoms. The summed E-state index contributed by atoms with van der Waals surface area (Å²) >= 11 is 0. The molecule has 0 aliphatic carbocycles. The van der Waals surface area contributed by atoms with Crippen molar-refractivity contribution in [3.05, 3.63) is 0 Å². The minimum absolute atomic E-state index is 0.00564. The Morgan fingerprint density at radius 2 is 0.667 bits per heavy atom. The van der Waals surface area contributed by atoms with Gasteiger partial charge in [-0.15, -0.1) is 0 Å². The zero-order chi connectivity index (χ0) is 50.7. The maximum atomic E-state index is 13.8. The number of rotatable bonds is 54. The maximum absolute atomic E-state index is 13.8. The van der Waals surface area contributed by atoms with Crippen LogP contribution >= 0.6 is 0 Å². The number of ether oxygens (including phenoxy) is 4. The Balaban J connectivity index is 5.08. The minimum Gasteiger partial charge on any atom is -0.462 e. The average Bonchev–Trinajstić information content (AvgIpc) is 3.33. The standard InChI is InChI=1S/C60H118N2O7/c1-8-13-17-32-43-55(44-33-18-14-9-2)67-58(63)49-38-28-23-21-26-36-47-57(69-60(65)62(53-42-51-61(6)7)52-40-30-25-31-41-54-66-12-5)48-37-27-22-24-29-39-50-59(64)68-56(45-34-19-15-10-3)46-35-20-16-11-4/h55-57H,8-54H2,1-7H3. The quantitative estimate of drug-likeness (QED) is 0.0338. The van der Waals surface area contributed by atoms with Crippen LogP contribution < -0.4 is 0 Å². The molecule has 410 valence electrons. The van der Waals surface area contributed by atoms with Crippen LogP contribution in [0.25, 0.3) is 0 Å². The van der Waals surface area contributed by atoms with Crippen molar-refractivity contribution < 1.29 is 33.3 Å². The molecule has 1 amide bonds. The van der Waals surface area contributed by atoms with E-state index in [0.717, 1.165) is 200 Å². The van der Waals surface area contributed by atoms with Gasteiger partial charge < -0.3 is 28.7 Å². The maximum Gasteiger partial charge on any atom is 0.410 e. The zero-order valence-electron chi connectivity index (χ0n) is 47.2. The lowest BCUT2D eigenvalue weighted by Crippen LogP contribution is -2.37. The van der Waals surface area contributed by atoms with Crippen LogP contribution in [0.15, 0.2) is 0 Å². The zero-order valence-corrected chi connectivity index (χ0v) is 47.2. The monoisotopic (exact) mass is 979 g/mol. The lowest BCUT2D eigenvalue weighted by atomic mass is 10.0. The summed E-state index contributed by atoms with van der Waals surface area (Å²) in [6.07, 6.45) is 45.7. The van der Waals surface area contributed by atoms with Crippen LogP contribution in [0.5, 0.6) is 0 Å². The second kappa shape index (κ2) is 52.5. The van der Waals surface area contributed by atoms with Gasteiger partial charge in [-0.3, -0.25) is 9.59 Å². The molecule has 0 aromatic rings. The Morgan fingerprint density at radius 3 is 1.04 bits per heavy atom. The number of carbonyl (C=O) groups excluding carboxylic acids is 3. The van der Waals surface area contributed by atoms with Crippen molar-refractivity contribution in [1.82, 2.24) is 9.80 Å². The highest BCUT2D eigenvalue weighted by molar-refractivity contribution is 5.70. The first-order valence-corrected chi connectivity index (χ1v) is 30.3. The molecule has 0 saturated heterocycles. The van der Waals surface area contributed by atoms with E-state index in [9.17, 15) is 14.4 Å². The van der Waals surface area contributed by atoms with E-state index in [1.54, 1.807) is 0 Å². The van der Waals surface area contributed by atoms with Crippen molar-refractivity contribution >= 4 is 18.0 Å². The smallest absolute Gasteiger partial charge is 0.410 e. The van der Waals surface area contributed by atoms with Crippen LogP contribution in [-0.4, -0.2) is 93.1 Å². The second-order valence-electron chi connectivity index (χ2n) is 21.1. The van der Waals surface area contributed by atoms with Gasteiger partial charge in [0.1, 0.15) is 18.3 Å². The molecule has 0 aromatic carbocycles. The van der Waals surface area contributed by atoms with Gasteiger partial charge in [-0.25, -0.2) is 4.79 Å². The number of carbonyl (C=O) groups is 3. The normalized spacial score (nSPS) is 11.7. The fourth-order valence-corrected chi connectivity index (χ4v) is 9.44. The van der Waals surface area contributed by atoms with Gasteiger partial charge in [-0.1, -0.05) is 175 Å². The molecular formula is C60H118N2O7. The van der Waals surface area contributed by atoms with E-state index in [1.165, 1.54) is 89.9 Å². The van der Waals surface area contributed by atoms with Gasteiger partial charge in [0, 0.05) is 39.1 Å². The number of hydrogen-bond acceptors (Lipinski definition) is 8. The fourth-order valence-electron chi connectivity index (χ4n) is 9.44. The van der Waals surface area contributed by atoms with E-state index in [0.29, 0.717) is 12.8 Å². The molecule has 0 atom stereocenters. The molecule has 0 unspecified atom stereocenters. The molecule has 0 saturated carbocycles. The lowest BCUT2D eigenvalue weighted by molar-refractivity contribution is -0.151. The third-order valence-corrected chi connectivity index (χ3v) is 13.9. The van der Waals surface area contributed by atoms with Gasteiger partial charge in [0.05, 0.1) is 0 Å². The minimum atomic E-state index is -0.137. The van der Waals surface area contributed by atoms with Crippen molar-refractivity contribution in [1.29, 1.82) is 0 Å². The first kappa shape index (κ1) is 67.1. The van der Waals surface area contributed by atoms with Crippen molar-refractivity contribution in [3.8, 4) is 0 Å². The predicted molar refractivity (Wildman–Crippen MR) is 293 cm³/mol. The van der Waals surface area contributed by atoms with Gasteiger partial charge in [-0.05, 0) is 137 Å². The summed E-state index contributed by atoms with van der Waals surface area (Å²) in [5.41, 5.74) is 0. The number of hydrogen-bond donors (Lipinski definition) is 0. The van der Waals surface area contributed by atoms with E-state index in [-0.39, 0.29) is 36.3 Å². The Morgan fingerprint density at radius 1 is 0.348 bits per heavy atom. The third kappa shape index (κ3) is 46.9. The van der Waals surface area contributed by atoms with E-state index in [2.05, 4.69) is 46.7 Å². The summed E-state index contributed by atoms with van der Waals surface area (Å²) in [4.78, 5) is 43.6. The fraction of sp³-hybridized carbons (Fsp3) is 0.950. The Kier molecular flexibility index (Phi) is 51.0. The number of nitrogens with zero attached hydrogens (tertiary/aromatic N) is 2. The predicted octanol–water partition coefficient (Wildman–Crippen LogP) is 17.7. The molecule has 0 fully saturated rings.